The van der Waals surface area contributed by atoms with Crippen LogP contribution in [0, 0.1) is 0 Å². The molecule has 1 saturated heterocycles. The minimum absolute atomic E-state index is 0.0573. The Labute approximate surface area is 165 Å². The molecule has 1 aliphatic rings. The molecule has 2 aromatic carbocycles. The zero-order valence-electron chi connectivity index (χ0n) is 15.7. The SMILES string of the molecule is CCOc1ccc(NS(=O)(=O)c2ccc(C(=O)NC[C@@H]3CCCO3)cc2)cc1. The van der Waals surface area contributed by atoms with E-state index in [0.717, 1.165) is 19.4 Å². The number of rotatable bonds is 8. The summed E-state index contributed by atoms with van der Waals surface area (Å²) in [6.07, 6.45) is 2.00. The van der Waals surface area contributed by atoms with E-state index in [0.29, 0.717) is 30.2 Å². The Morgan fingerprint density at radius 2 is 1.86 bits per heavy atom. The van der Waals surface area contributed by atoms with Crippen LogP contribution in [0.5, 0.6) is 5.75 Å². The summed E-state index contributed by atoms with van der Waals surface area (Å²) in [5.41, 5.74) is 0.833. The van der Waals surface area contributed by atoms with Gasteiger partial charge in [0, 0.05) is 24.4 Å². The molecule has 150 valence electrons. The Balaban J connectivity index is 1.61. The first kappa shape index (κ1) is 20.2. The first-order valence-corrected chi connectivity index (χ1v) is 10.7. The fourth-order valence-electron chi connectivity index (χ4n) is 2.90. The molecular weight excluding hydrogens is 380 g/mol. The third-order valence-electron chi connectivity index (χ3n) is 4.36. The first-order valence-electron chi connectivity index (χ1n) is 9.23. The molecule has 0 radical (unpaired) electrons. The van der Waals surface area contributed by atoms with Gasteiger partial charge in [-0.2, -0.15) is 0 Å². The van der Waals surface area contributed by atoms with E-state index in [9.17, 15) is 13.2 Å². The molecule has 0 unspecified atom stereocenters. The molecule has 1 fully saturated rings. The van der Waals surface area contributed by atoms with Gasteiger partial charge in [-0.3, -0.25) is 9.52 Å². The van der Waals surface area contributed by atoms with Gasteiger partial charge in [-0.15, -0.1) is 0 Å². The molecule has 8 heteroatoms. The van der Waals surface area contributed by atoms with E-state index in [1.165, 1.54) is 24.3 Å². The summed E-state index contributed by atoms with van der Waals surface area (Å²) >= 11 is 0. The maximum absolute atomic E-state index is 12.5. The number of hydrogen-bond donors (Lipinski definition) is 2. The van der Waals surface area contributed by atoms with Crippen molar-refractivity contribution in [2.75, 3.05) is 24.5 Å². The standard InChI is InChI=1S/C20H24N2O5S/c1-2-26-17-9-7-16(8-10-17)22-28(24,25)19-11-5-15(6-12-19)20(23)21-14-18-4-3-13-27-18/h5-12,18,22H,2-4,13-14H2,1H3,(H,21,23)/t18-/m0/s1. The van der Waals surface area contributed by atoms with E-state index in [2.05, 4.69) is 10.0 Å². The maximum atomic E-state index is 12.5. The van der Waals surface area contributed by atoms with Crippen LogP contribution in [0.2, 0.25) is 0 Å². The lowest BCUT2D eigenvalue weighted by Gasteiger charge is -2.12. The van der Waals surface area contributed by atoms with Crippen molar-refractivity contribution in [3.05, 3.63) is 54.1 Å². The Bertz CT molecular complexity index is 889. The van der Waals surface area contributed by atoms with E-state index < -0.39 is 10.0 Å². The minimum Gasteiger partial charge on any atom is -0.494 e. The maximum Gasteiger partial charge on any atom is 0.261 e. The van der Waals surface area contributed by atoms with Crippen molar-refractivity contribution in [2.45, 2.75) is 30.8 Å². The highest BCUT2D eigenvalue weighted by atomic mass is 32.2. The summed E-state index contributed by atoms with van der Waals surface area (Å²) in [7, 11) is -3.75. The number of carbonyl (C=O) groups is 1. The van der Waals surface area contributed by atoms with Crippen molar-refractivity contribution >= 4 is 21.6 Å². The normalized spacial score (nSPS) is 16.5. The first-order chi connectivity index (χ1) is 13.5. The Hall–Kier alpha value is -2.58. The average Bonchev–Trinajstić information content (AvgIpc) is 3.21. The van der Waals surface area contributed by atoms with Crippen molar-refractivity contribution in [3.63, 3.8) is 0 Å². The molecule has 28 heavy (non-hydrogen) atoms. The van der Waals surface area contributed by atoms with Crippen molar-refractivity contribution in [1.29, 1.82) is 0 Å². The highest BCUT2D eigenvalue weighted by molar-refractivity contribution is 7.92. The van der Waals surface area contributed by atoms with Crippen LogP contribution in [0.4, 0.5) is 5.69 Å². The fraction of sp³-hybridized carbons (Fsp3) is 0.350. The third kappa shape index (κ3) is 5.24. The molecule has 7 nitrogen and oxygen atoms in total. The number of amides is 1. The number of hydrogen-bond acceptors (Lipinski definition) is 5. The molecule has 0 spiro atoms. The van der Waals surface area contributed by atoms with Crippen LogP contribution in [-0.2, 0) is 14.8 Å². The quantitative estimate of drug-likeness (QED) is 0.706. The molecule has 1 aliphatic heterocycles. The second-order valence-electron chi connectivity index (χ2n) is 6.43. The smallest absolute Gasteiger partial charge is 0.261 e. The van der Waals surface area contributed by atoms with Gasteiger partial charge in [0.15, 0.2) is 0 Å². The van der Waals surface area contributed by atoms with E-state index in [1.807, 2.05) is 6.92 Å². The molecule has 0 saturated carbocycles. The van der Waals surface area contributed by atoms with Crippen molar-refractivity contribution < 1.29 is 22.7 Å². The Morgan fingerprint density at radius 3 is 2.46 bits per heavy atom. The summed E-state index contributed by atoms with van der Waals surface area (Å²) in [5, 5.41) is 2.81. The van der Waals surface area contributed by atoms with Gasteiger partial charge in [0.1, 0.15) is 5.75 Å². The number of carbonyl (C=O) groups excluding carboxylic acids is 1. The van der Waals surface area contributed by atoms with E-state index in [-0.39, 0.29) is 16.9 Å². The molecule has 1 amide bonds. The summed E-state index contributed by atoms with van der Waals surface area (Å²) in [6, 6.07) is 12.5. The highest BCUT2D eigenvalue weighted by Gasteiger charge is 2.18. The van der Waals surface area contributed by atoms with Gasteiger partial charge < -0.3 is 14.8 Å². The highest BCUT2D eigenvalue weighted by Crippen LogP contribution is 2.20. The summed E-state index contributed by atoms with van der Waals surface area (Å²) in [6.45, 7) is 3.61. The Kier molecular flexibility index (Phi) is 6.53. The second kappa shape index (κ2) is 9.07. The van der Waals surface area contributed by atoms with E-state index in [1.54, 1.807) is 24.3 Å². The van der Waals surface area contributed by atoms with Gasteiger partial charge >= 0.3 is 0 Å². The molecule has 0 bridgehead atoms. The van der Waals surface area contributed by atoms with Crippen LogP contribution in [-0.4, -0.2) is 40.2 Å². The van der Waals surface area contributed by atoms with Gasteiger partial charge in [0.25, 0.3) is 15.9 Å². The van der Waals surface area contributed by atoms with Crippen LogP contribution in [0.15, 0.2) is 53.4 Å². The fourth-order valence-corrected chi connectivity index (χ4v) is 3.96. The van der Waals surface area contributed by atoms with Gasteiger partial charge in [0.05, 0.1) is 17.6 Å². The second-order valence-corrected chi connectivity index (χ2v) is 8.11. The molecule has 2 aromatic rings. The number of ether oxygens (including phenoxy) is 2. The minimum atomic E-state index is -3.75. The molecule has 0 aliphatic carbocycles. The summed E-state index contributed by atoms with van der Waals surface area (Å²) < 4.78 is 38.4. The topological polar surface area (TPSA) is 93.7 Å². The number of nitrogens with one attached hydrogen (secondary N) is 2. The summed E-state index contributed by atoms with van der Waals surface area (Å²) in [4.78, 5) is 12.3. The number of anilines is 1. The van der Waals surface area contributed by atoms with Gasteiger partial charge in [-0.25, -0.2) is 8.42 Å². The predicted octanol–water partition coefficient (Wildman–Crippen LogP) is 2.79. The molecule has 1 heterocycles. The third-order valence-corrected chi connectivity index (χ3v) is 5.76. The molecule has 3 rings (SSSR count). The van der Waals surface area contributed by atoms with Crippen LogP contribution in [0.3, 0.4) is 0 Å². The van der Waals surface area contributed by atoms with Crippen LogP contribution in [0.1, 0.15) is 30.1 Å². The van der Waals surface area contributed by atoms with Gasteiger partial charge in [-0.1, -0.05) is 0 Å². The van der Waals surface area contributed by atoms with E-state index in [4.69, 9.17) is 9.47 Å². The van der Waals surface area contributed by atoms with Gasteiger partial charge in [0.2, 0.25) is 0 Å². The lowest BCUT2D eigenvalue weighted by Crippen LogP contribution is -2.31. The molecule has 1 atom stereocenters. The van der Waals surface area contributed by atoms with Crippen LogP contribution < -0.4 is 14.8 Å². The predicted molar refractivity (Wildman–Crippen MR) is 106 cm³/mol. The Morgan fingerprint density at radius 1 is 1.14 bits per heavy atom. The zero-order chi connectivity index (χ0) is 20.0. The van der Waals surface area contributed by atoms with Crippen molar-refractivity contribution in [2.24, 2.45) is 0 Å². The van der Waals surface area contributed by atoms with Gasteiger partial charge in [-0.05, 0) is 68.3 Å². The van der Waals surface area contributed by atoms with Crippen LogP contribution >= 0.6 is 0 Å². The van der Waals surface area contributed by atoms with Crippen molar-refractivity contribution in [1.82, 2.24) is 5.32 Å². The monoisotopic (exact) mass is 404 g/mol. The molecule has 2 N–H and O–H groups in total. The zero-order valence-corrected chi connectivity index (χ0v) is 16.5. The van der Waals surface area contributed by atoms with Crippen molar-refractivity contribution in [3.8, 4) is 5.75 Å². The average molecular weight is 404 g/mol. The molecular formula is C20H24N2O5S. The van der Waals surface area contributed by atoms with Crippen LogP contribution in [0.25, 0.3) is 0 Å². The lowest BCUT2D eigenvalue weighted by atomic mass is 10.2. The molecule has 0 aromatic heterocycles. The lowest BCUT2D eigenvalue weighted by molar-refractivity contribution is 0.0857. The number of benzene rings is 2. The number of sulfonamides is 1. The summed E-state index contributed by atoms with van der Waals surface area (Å²) in [5.74, 6) is 0.419. The largest absolute Gasteiger partial charge is 0.494 e. The van der Waals surface area contributed by atoms with E-state index >= 15 is 0 Å².